The van der Waals surface area contributed by atoms with E-state index >= 15 is 0 Å². The van der Waals surface area contributed by atoms with Gasteiger partial charge in [-0.1, -0.05) is 32.0 Å². The molecule has 0 atom stereocenters. The van der Waals surface area contributed by atoms with Crippen molar-refractivity contribution in [3.05, 3.63) is 88.3 Å². The summed E-state index contributed by atoms with van der Waals surface area (Å²) in [6, 6.07) is 20.2. The molecule has 0 aliphatic heterocycles. The second-order valence-electron chi connectivity index (χ2n) is 9.39. The van der Waals surface area contributed by atoms with Gasteiger partial charge < -0.3 is 4.57 Å². The fraction of sp³-hybridized carbons (Fsp3) is 0.250. The van der Waals surface area contributed by atoms with E-state index in [1.54, 1.807) is 27.6 Å². The molecule has 0 bridgehead atoms. The molecule has 0 aliphatic rings. The SMILES string of the molecule is CCn1c2ccccc2c2cc(NS(=O)(=O)c3ccc(-n4c(=O)c(C(C)C)c(C)n4C)cc3)ccc21. The number of aromatic nitrogens is 3. The maximum atomic E-state index is 13.2. The standard InChI is InChI=1S/C28H30N4O3S/c1-6-31-25-10-8-7-9-23(25)24-17-20(11-16-26(24)31)29-36(34,35)22-14-12-21(13-15-22)32-28(33)27(18(2)3)19(4)30(32)5/h7-18,29H,6H2,1-5H3. The van der Waals surface area contributed by atoms with Crippen molar-refractivity contribution < 1.29 is 8.42 Å². The molecule has 3 aromatic carbocycles. The second kappa shape index (κ2) is 8.71. The highest BCUT2D eigenvalue weighted by atomic mass is 32.2. The Labute approximate surface area is 210 Å². The topological polar surface area (TPSA) is 78.0 Å². The van der Waals surface area contributed by atoms with E-state index in [1.165, 1.54) is 12.1 Å². The van der Waals surface area contributed by atoms with E-state index < -0.39 is 10.0 Å². The van der Waals surface area contributed by atoms with Crippen LogP contribution < -0.4 is 10.3 Å². The number of fused-ring (bicyclic) bond motifs is 3. The summed E-state index contributed by atoms with van der Waals surface area (Å²) in [7, 11) is -1.99. The summed E-state index contributed by atoms with van der Waals surface area (Å²) < 4.78 is 34.7. The lowest BCUT2D eigenvalue weighted by Crippen LogP contribution is -2.21. The fourth-order valence-corrected chi connectivity index (χ4v) is 6.17. The van der Waals surface area contributed by atoms with Gasteiger partial charge in [0.2, 0.25) is 0 Å². The Balaban J connectivity index is 1.49. The van der Waals surface area contributed by atoms with E-state index in [0.29, 0.717) is 11.4 Å². The van der Waals surface area contributed by atoms with Gasteiger partial charge in [-0.05, 0) is 68.3 Å². The summed E-state index contributed by atoms with van der Waals surface area (Å²) >= 11 is 0. The Morgan fingerprint density at radius 3 is 2.22 bits per heavy atom. The molecule has 0 fully saturated rings. The smallest absolute Gasteiger partial charge is 0.275 e. The lowest BCUT2D eigenvalue weighted by atomic mass is 10.0. The van der Waals surface area contributed by atoms with E-state index in [-0.39, 0.29) is 16.4 Å². The van der Waals surface area contributed by atoms with E-state index in [2.05, 4.69) is 28.3 Å². The van der Waals surface area contributed by atoms with Crippen LogP contribution in [0.1, 0.15) is 37.9 Å². The van der Waals surface area contributed by atoms with Gasteiger partial charge in [-0.3, -0.25) is 14.2 Å². The number of rotatable bonds is 6. The van der Waals surface area contributed by atoms with Crippen LogP contribution in [0.25, 0.3) is 27.5 Å². The van der Waals surface area contributed by atoms with Crippen LogP contribution >= 0.6 is 0 Å². The zero-order valence-corrected chi connectivity index (χ0v) is 21.9. The second-order valence-corrected chi connectivity index (χ2v) is 11.1. The van der Waals surface area contributed by atoms with Crippen molar-refractivity contribution >= 4 is 37.5 Å². The molecule has 2 heterocycles. The summed E-state index contributed by atoms with van der Waals surface area (Å²) in [6.45, 7) is 8.83. The van der Waals surface area contributed by atoms with Crippen LogP contribution in [0.15, 0.2) is 76.4 Å². The quantitative estimate of drug-likeness (QED) is 0.331. The Hall–Kier alpha value is -3.78. The monoisotopic (exact) mass is 502 g/mol. The van der Waals surface area contributed by atoms with Crippen molar-refractivity contribution in [1.82, 2.24) is 13.9 Å². The van der Waals surface area contributed by atoms with Gasteiger partial charge >= 0.3 is 0 Å². The molecular formula is C28H30N4O3S. The maximum absolute atomic E-state index is 13.2. The van der Waals surface area contributed by atoms with Crippen LogP contribution in [-0.4, -0.2) is 22.3 Å². The minimum atomic E-state index is -3.82. The summed E-state index contributed by atoms with van der Waals surface area (Å²) in [5, 5.41) is 2.09. The fourth-order valence-electron chi connectivity index (χ4n) is 5.12. The van der Waals surface area contributed by atoms with Crippen LogP contribution in [0.4, 0.5) is 5.69 Å². The van der Waals surface area contributed by atoms with Crippen molar-refractivity contribution in [2.45, 2.75) is 45.1 Å². The van der Waals surface area contributed by atoms with Crippen LogP contribution in [0, 0.1) is 6.92 Å². The molecule has 0 radical (unpaired) electrons. The van der Waals surface area contributed by atoms with Crippen LogP contribution in [0.5, 0.6) is 0 Å². The van der Waals surface area contributed by atoms with Gasteiger partial charge in [0.25, 0.3) is 15.6 Å². The summed E-state index contributed by atoms with van der Waals surface area (Å²) in [4.78, 5) is 13.1. The molecule has 0 amide bonds. The lowest BCUT2D eigenvalue weighted by Gasteiger charge is -2.11. The van der Waals surface area contributed by atoms with Crippen molar-refractivity contribution in [2.75, 3.05) is 4.72 Å². The summed E-state index contributed by atoms with van der Waals surface area (Å²) in [6.07, 6.45) is 0. The van der Waals surface area contributed by atoms with Crippen molar-refractivity contribution in [2.24, 2.45) is 7.05 Å². The first-order chi connectivity index (χ1) is 17.1. The van der Waals surface area contributed by atoms with Crippen LogP contribution in [0.3, 0.4) is 0 Å². The van der Waals surface area contributed by atoms with Crippen molar-refractivity contribution in [3.63, 3.8) is 0 Å². The van der Waals surface area contributed by atoms with Gasteiger partial charge in [0.05, 0.1) is 10.6 Å². The van der Waals surface area contributed by atoms with E-state index in [1.807, 2.05) is 52.1 Å². The molecule has 1 N–H and O–H groups in total. The average Bonchev–Trinajstić information content (AvgIpc) is 3.28. The predicted octanol–water partition coefficient (Wildman–Crippen LogP) is 5.54. The highest BCUT2D eigenvalue weighted by Crippen LogP contribution is 2.31. The van der Waals surface area contributed by atoms with E-state index in [0.717, 1.165) is 39.6 Å². The normalized spacial score (nSPS) is 12.2. The number of aryl methyl sites for hydroxylation is 1. The highest BCUT2D eigenvalue weighted by Gasteiger charge is 2.20. The van der Waals surface area contributed by atoms with Crippen molar-refractivity contribution in [1.29, 1.82) is 0 Å². The molecule has 186 valence electrons. The lowest BCUT2D eigenvalue weighted by molar-refractivity contribution is 0.601. The third-order valence-corrected chi connectivity index (χ3v) is 8.30. The van der Waals surface area contributed by atoms with E-state index in [9.17, 15) is 13.2 Å². The number of nitrogens with one attached hydrogen (secondary N) is 1. The van der Waals surface area contributed by atoms with E-state index in [4.69, 9.17) is 0 Å². The predicted molar refractivity (Wildman–Crippen MR) is 146 cm³/mol. The van der Waals surface area contributed by atoms with Crippen LogP contribution in [-0.2, 0) is 23.6 Å². The molecule has 7 nitrogen and oxygen atoms in total. The first-order valence-electron chi connectivity index (χ1n) is 12.1. The van der Waals surface area contributed by atoms with Gasteiger partial charge in [0.1, 0.15) is 0 Å². The number of benzene rings is 3. The molecule has 0 saturated heterocycles. The Morgan fingerprint density at radius 2 is 1.58 bits per heavy atom. The number of para-hydroxylation sites is 1. The van der Waals surface area contributed by atoms with Gasteiger partial charge in [-0.15, -0.1) is 0 Å². The zero-order chi connectivity index (χ0) is 25.8. The molecule has 36 heavy (non-hydrogen) atoms. The number of hydrogen-bond acceptors (Lipinski definition) is 3. The first-order valence-corrected chi connectivity index (χ1v) is 13.5. The first kappa shape index (κ1) is 23.9. The van der Waals surface area contributed by atoms with Crippen molar-refractivity contribution in [3.8, 4) is 5.69 Å². The number of nitrogens with zero attached hydrogens (tertiary/aromatic N) is 3. The Bertz CT molecular complexity index is 1770. The Kier molecular flexibility index (Phi) is 5.79. The molecule has 5 aromatic rings. The molecule has 5 rings (SSSR count). The third-order valence-electron chi connectivity index (χ3n) is 6.91. The number of sulfonamides is 1. The molecule has 0 aliphatic carbocycles. The zero-order valence-electron chi connectivity index (χ0n) is 21.1. The molecular weight excluding hydrogens is 472 g/mol. The average molecular weight is 503 g/mol. The molecule has 2 aromatic heterocycles. The van der Waals surface area contributed by atoms with Gasteiger partial charge in [0.15, 0.2) is 0 Å². The Morgan fingerprint density at radius 1 is 0.917 bits per heavy atom. The summed E-state index contributed by atoms with van der Waals surface area (Å²) in [5.74, 6) is 0.0949. The number of hydrogen-bond donors (Lipinski definition) is 1. The third kappa shape index (κ3) is 3.73. The highest BCUT2D eigenvalue weighted by molar-refractivity contribution is 7.92. The minimum Gasteiger partial charge on any atom is -0.341 e. The number of anilines is 1. The van der Waals surface area contributed by atoms with Crippen LogP contribution in [0.2, 0.25) is 0 Å². The van der Waals surface area contributed by atoms with Gasteiger partial charge in [-0.25, -0.2) is 13.1 Å². The summed E-state index contributed by atoms with van der Waals surface area (Å²) in [5.41, 5.74) is 4.88. The van der Waals surface area contributed by atoms with Gasteiger partial charge in [-0.2, -0.15) is 0 Å². The molecule has 0 unspecified atom stereocenters. The molecule has 0 spiro atoms. The maximum Gasteiger partial charge on any atom is 0.275 e. The molecule has 0 saturated carbocycles. The molecule has 8 heteroatoms. The van der Waals surface area contributed by atoms with Gasteiger partial charge in [0, 0.05) is 52.3 Å². The minimum absolute atomic E-state index is 0.0849. The largest absolute Gasteiger partial charge is 0.341 e.